The number of halogens is 1. The molecule has 6 heteroatoms. The third-order valence-corrected chi connectivity index (χ3v) is 4.64. The van der Waals surface area contributed by atoms with Crippen LogP contribution in [0, 0.1) is 5.92 Å². The summed E-state index contributed by atoms with van der Waals surface area (Å²) in [6.45, 7) is 10.1. The van der Waals surface area contributed by atoms with Gasteiger partial charge < -0.3 is 14.8 Å². The highest BCUT2D eigenvalue weighted by atomic mass is 35.5. The zero-order valence-corrected chi connectivity index (χ0v) is 16.1. The maximum Gasteiger partial charge on any atom is 0.260 e. The first-order chi connectivity index (χ1) is 12.0. The third-order valence-electron chi connectivity index (χ3n) is 4.33. The van der Waals surface area contributed by atoms with Crippen LogP contribution in [0.5, 0.6) is 5.75 Å². The lowest BCUT2D eigenvalue weighted by atomic mass is 10.0. The number of hydrogen-bond acceptors (Lipinski definition) is 4. The zero-order chi connectivity index (χ0) is 18.2. The van der Waals surface area contributed by atoms with Crippen LogP contribution in [-0.2, 0) is 9.53 Å². The average Bonchev–Trinajstić information content (AvgIpc) is 2.60. The van der Waals surface area contributed by atoms with Crippen molar-refractivity contribution in [1.82, 2.24) is 10.2 Å². The van der Waals surface area contributed by atoms with E-state index in [1.54, 1.807) is 19.1 Å². The lowest BCUT2D eigenvalue weighted by Crippen LogP contribution is -2.50. The molecular weight excluding hydrogens is 340 g/mol. The van der Waals surface area contributed by atoms with Crippen molar-refractivity contribution in [2.75, 3.05) is 32.8 Å². The van der Waals surface area contributed by atoms with Crippen LogP contribution in [0.4, 0.5) is 0 Å². The number of hydrogen-bond donors (Lipinski definition) is 1. The van der Waals surface area contributed by atoms with Crippen LogP contribution in [0.15, 0.2) is 24.3 Å². The highest BCUT2D eigenvalue weighted by Gasteiger charge is 2.24. The Morgan fingerprint density at radius 3 is 2.60 bits per heavy atom. The molecule has 0 spiro atoms. The quantitative estimate of drug-likeness (QED) is 0.766. The minimum absolute atomic E-state index is 0.123. The lowest BCUT2D eigenvalue weighted by molar-refractivity contribution is -0.127. The van der Waals surface area contributed by atoms with E-state index < -0.39 is 6.10 Å². The summed E-state index contributed by atoms with van der Waals surface area (Å²) in [5.41, 5.74) is 0. The third kappa shape index (κ3) is 6.49. The molecule has 0 aliphatic carbocycles. The van der Waals surface area contributed by atoms with Gasteiger partial charge in [0.25, 0.3) is 5.91 Å². The predicted octanol–water partition coefficient (Wildman–Crippen LogP) is 2.97. The van der Waals surface area contributed by atoms with Gasteiger partial charge in [-0.25, -0.2) is 0 Å². The molecule has 0 radical (unpaired) electrons. The van der Waals surface area contributed by atoms with E-state index >= 15 is 0 Å². The number of morpholine rings is 1. The second-order valence-corrected chi connectivity index (χ2v) is 7.27. The molecule has 0 aromatic heterocycles. The number of benzene rings is 1. The van der Waals surface area contributed by atoms with Gasteiger partial charge in [-0.1, -0.05) is 37.6 Å². The highest BCUT2D eigenvalue weighted by Crippen LogP contribution is 2.24. The van der Waals surface area contributed by atoms with Gasteiger partial charge in [-0.2, -0.15) is 0 Å². The van der Waals surface area contributed by atoms with Gasteiger partial charge in [0.1, 0.15) is 5.75 Å². The number of para-hydroxylation sites is 1. The van der Waals surface area contributed by atoms with Gasteiger partial charge in [0.05, 0.1) is 18.2 Å². The normalized spacial score (nSPS) is 18.0. The number of carbonyl (C=O) groups is 1. The number of nitrogens with zero attached hydrogens (tertiary/aromatic N) is 1. The summed E-state index contributed by atoms with van der Waals surface area (Å²) in [4.78, 5) is 14.8. The molecule has 0 bridgehead atoms. The molecule has 25 heavy (non-hydrogen) atoms. The Morgan fingerprint density at radius 2 is 1.96 bits per heavy atom. The average molecular weight is 369 g/mol. The first-order valence-electron chi connectivity index (χ1n) is 8.98. The molecule has 2 atom stereocenters. The topological polar surface area (TPSA) is 50.8 Å². The SMILES string of the molecule is CC(C)CC(CNC(=O)C(C)Oc1ccccc1Cl)N1CCOCC1. The monoisotopic (exact) mass is 368 g/mol. The van der Waals surface area contributed by atoms with Crippen LogP contribution in [0.2, 0.25) is 5.02 Å². The first kappa shape index (κ1) is 20.0. The van der Waals surface area contributed by atoms with Crippen molar-refractivity contribution in [3.05, 3.63) is 29.3 Å². The van der Waals surface area contributed by atoms with Crippen molar-refractivity contribution in [3.63, 3.8) is 0 Å². The Labute approximate surface area is 155 Å². The van der Waals surface area contributed by atoms with E-state index in [-0.39, 0.29) is 5.91 Å². The minimum Gasteiger partial charge on any atom is -0.479 e. The Balaban J connectivity index is 1.87. The summed E-state index contributed by atoms with van der Waals surface area (Å²) in [6, 6.07) is 7.50. The Morgan fingerprint density at radius 1 is 1.28 bits per heavy atom. The molecule has 0 saturated carbocycles. The molecule has 140 valence electrons. The molecule has 1 fully saturated rings. The van der Waals surface area contributed by atoms with Crippen molar-refractivity contribution in [2.24, 2.45) is 5.92 Å². The van der Waals surface area contributed by atoms with Crippen molar-refractivity contribution < 1.29 is 14.3 Å². The Hall–Kier alpha value is -1.30. The van der Waals surface area contributed by atoms with Crippen molar-refractivity contribution in [3.8, 4) is 5.75 Å². The summed E-state index contributed by atoms with van der Waals surface area (Å²) in [7, 11) is 0. The second kappa shape index (κ2) is 10.00. The number of ether oxygens (including phenoxy) is 2. The van der Waals surface area contributed by atoms with Crippen LogP contribution >= 0.6 is 11.6 Å². The molecular formula is C19H29ClN2O3. The largest absolute Gasteiger partial charge is 0.479 e. The molecule has 1 heterocycles. The van der Waals surface area contributed by atoms with E-state index in [0.717, 1.165) is 32.7 Å². The van der Waals surface area contributed by atoms with Crippen LogP contribution in [0.25, 0.3) is 0 Å². The summed E-state index contributed by atoms with van der Waals surface area (Å²) in [5, 5.41) is 3.54. The number of rotatable bonds is 8. The fraction of sp³-hybridized carbons (Fsp3) is 0.632. The van der Waals surface area contributed by atoms with Gasteiger partial charge >= 0.3 is 0 Å². The standard InChI is InChI=1S/C19H29ClN2O3/c1-14(2)12-16(22-8-10-24-11-9-22)13-21-19(23)15(3)25-18-7-5-4-6-17(18)20/h4-7,14-16H,8-13H2,1-3H3,(H,21,23). The highest BCUT2D eigenvalue weighted by molar-refractivity contribution is 6.32. The van der Waals surface area contributed by atoms with Crippen molar-refractivity contribution in [1.29, 1.82) is 0 Å². The Bertz CT molecular complexity index is 547. The van der Waals surface area contributed by atoms with E-state index in [1.165, 1.54) is 0 Å². The molecule has 1 aliphatic rings. The smallest absolute Gasteiger partial charge is 0.260 e. The second-order valence-electron chi connectivity index (χ2n) is 6.87. The molecule has 1 amide bonds. The summed E-state index contributed by atoms with van der Waals surface area (Å²) in [6.07, 6.45) is 0.448. The number of carbonyl (C=O) groups excluding carboxylic acids is 1. The van der Waals surface area contributed by atoms with Crippen LogP contribution < -0.4 is 10.1 Å². The molecule has 5 nitrogen and oxygen atoms in total. The van der Waals surface area contributed by atoms with Gasteiger partial charge in [-0.3, -0.25) is 9.69 Å². The lowest BCUT2D eigenvalue weighted by Gasteiger charge is -2.35. The number of nitrogens with one attached hydrogen (secondary N) is 1. The van der Waals surface area contributed by atoms with E-state index in [2.05, 4.69) is 24.1 Å². The summed E-state index contributed by atoms with van der Waals surface area (Å²) < 4.78 is 11.1. The van der Waals surface area contributed by atoms with Crippen LogP contribution in [0.3, 0.4) is 0 Å². The van der Waals surface area contributed by atoms with Crippen LogP contribution in [-0.4, -0.2) is 55.8 Å². The first-order valence-corrected chi connectivity index (χ1v) is 9.36. The maximum absolute atomic E-state index is 12.4. The fourth-order valence-corrected chi connectivity index (χ4v) is 3.17. The van der Waals surface area contributed by atoms with E-state index in [0.29, 0.717) is 29.3 Å². The summed E-state index contributed by atoms with van der Waals surface area (Å²) >= 11 is 6.08. The van der Waals surface area contributed by atoms with Crippen molar-refractivity contribution >= 4 is 17.5 Å². The van der Waals surface area contributed by atoms with E-state index in [1.807, 2.05) is 12.1 Å². The zero-order valence-electron chi connectivity index (χ0n) is 15.3. The molecule has 1 saturated heterocycles. The molecule has 1 aromatic carbocycles. The van der Waals surface area contributed by atoms with Gasteiger partial charge in [-0.05, 0) is 31.4 Å². The van der Waals surface area contributed by atoms with E-state index in [4.69, 9.17) is 21.1 Å². The van der Waals surface area contributed by atoms with Gasteiger partial charge in [0, 0.05) is 25.7 Å². The minimum atomic E-state index is -0.593. The van der Waals surface area contributed by atoms with Crippen LogP contribution in [0.1, 0.15) is 27.2 Å². The van der Waals surface area contributed by atoms with Gasteiger partial charge in [0.15, 0.2) is 6.10 Å². The number of amides is 1. The molecule has 2 rings (SSSR count). The Kier molecular flexibility index (Phi) is 8.00. The molecule has 1 N–H and O–H groups in total. The fourth-order valence-electron chi connectivity index (χ4n) is 2.99. The van der Waals surface area contributed by atoms with E-state index in [9.17, 15) is 4.79 Å². The molecule has 2 unspecified atom stereocenters. The molecule has 1 aromatic rings. The van der Waals surface area contributed by atoms with Crippen molar-refractivity contribution in [2.45, 2.75) is 39.3 Å². The van der Waals surface area contributed by atoms with Gasteiger partial charge in [-0.15, -0.1) is 0 Å². The predicted molar refractivity (Wildman–Crippen MR) is 100 cm³/mol. The van der Waals surface area contributed by atoms with Gasteiger partial charge in [0.2, 0.25) is 0 Å². The maximum atomic E-state index is 12.4. The molecule has 1 aliphatic heterocycles. The summed E-state index contributed by atoms with van der Waals surface area (Å²) in [5.74, 6) is 0.974.